The van der Waals surface area contributed by atoms with Gasteiger partial charge in [0.1, 0.15) is 16.8 Å². The SMILES string of the molecule is C[C@H](Cc1cccs1)NC(=O)COc1ccc2nsnc2c1. The van der Waals surface area contributed by atoms with Crippen molar-refractivity contribution in [2.45, 2.75) is 19.4 Å². The lowest BCUT2D eigenvalue weighted by molar-refractivity contribution is -0.123. The van der Waals surface area contributed by atoms with E-state index in [-0.39, 0.29) is 18.6 Å². The number of carbonyl (C=O) groups excluding carboxylic acids is 1. The maximum absolute atomic E-state index is 11.9. The molecule has 0 aliphatic heterocycles. The van der Waals surface area contributed by atoms with Crippen LogP contribution in [0.2, 0.25) is 0 Å². The average Bonchev–Trinajstić information content (AvgIpc) is 3.15. The molecule has 0 aliphatic carbocycles. The van der Waals surface area contributed by atoms with Gasteiger partial charge in [0.05, 0.1) is 11.7 Å². The number of rotatable bonds is 6. The van der Waals surface area contributed by atoms with E-state index in [2.05, 4.69) is 20.1 Å². The highest BCUT2D eigenvalue weighted by Gasteiger charge is 2.10. The highest BCUT2D eigenvalue weighted by molar-refractivity contribution is 7.09. The van der Waals surface area contributed by atoms with Gasteiger partial charge in [-0.05, 0) is 30.5 Å². The number of hydrogen-bond donors (Lipinski definition) is 1. The third-order valence-electron chi connectivity index (χ3n) is 3.09. The van der Waals surface area contributed by atoms with Gasteiger partial charge in [0, 0.05) is 23.4 Å². The molecule has 0 spiro atoms. The second kappa shape index (κ2) is 6.85. The molecule has 5 nitrogen and oxygen atoms in total. The number of thiophene rings is 1. The third-order valence-corrected chi connectivity index (χ3v) is 4.55. The predicted octanol–water partition coefficient (Wildman–Crippen LogP) is 2.88. The first-order valence-corrected chi connectivity index (χ1v) is 8.48. The average molecular weight is 333 g/mol. The molecule has 0 aliphatic rings. The Kier molecular flexibility index (Phi) is 4.65. The van der Waals surface area contributed by atoms with E-state index in [1.165, 1.54) is 4.88 Å². The van der Waals surface area contributed by atoms with Gasteiger partial charge in [-0.25, -0.2) is 0 Å². The molecule has 3 rings (SSSR count). The van der Waals surface area contributed by atoms with Gasteiger partial charge >= 0.3 is 0 Å². The van der Waals surface area contributed by atoms with Crippen LogP contribution in [0.25, 0.3) is 11.0 Å². The summed E-state index contributed by atoms with van der Waals surface area (Å²) in [4.78, 5) is 13.2. The topological polar surface area (TPSA) is 64.1 Å². The fraction of sp³-hybridized carbons (Fsp3) is 0.267. The van der Waals surface area contributed by atoms with Gasteiger partial charge in [-0.3, -0.25) is 4.79 Å². The van der Waals surface area contributed by atoms with E-state index in [0.29, 0.717) is 5.75 Å². The molecule has 2 heterocycles. The van der Waals surface area contributed by atoms with Crippen LogP contribution in [0, 0.1) is 0 Å². The van der Waals surface area contributed by atoms with Gasteiger partial charge in [-0.1, -0.05) is 6.07 Å². The Hall–Kier alpha value is -1.99. The van der Waals surface area contributed by atoms with Gasteiger partial charge in [0.2, 0.25) is 0 Å². The molecule has 1 N–H and O–H groups in total. The molecule has 1 aromatic carbocycles. The van der Waals surface area contributed by atoms with Crippen LogP contribution in [0.15, 0.2) is 35.7 Å². The summed E-state index contributed by atoms with van der Waals surface area (Å²) in [6.45, 7) is 1.99. The van der Waals surface area contributed by atoms with Crippen molar-refractivity contribution >= 4 is 40.0 Å². The number of nitrogens with zero attached hydrogens (tertiary/aromatic N) is 2. The number of ether oxygens (including phenoxy) is 1. The number of aromatic nitrogens is 2. The molecule has 0 fully saturated rings. The lowest BCUT2D eigenvalue weighted by Crippen LogP contribution is -2.37. The molecule has 22 heavy (non-hydrogen) atoms. The second-order valence-corrected chi connectivity index (χ2v) is 6.52. The van der Waals surface area contributed by atoms with Crippen LogP contribution in [0.4, 0.5) is 0 Å². The number of fused-ring (bicyclic) bond motifs is 1. The van der Waals surface area contributed by atoms with Crippen LogP contribution in [-0.2, 0) is 11.2 Å². The Bertz CT molecular complexity index is 755. The fourth-order valence-electron chi connectivity index (χ4n) is 2.10. The van der Waals surface area contributed by atoms with E-state index in [1.807, 2.05) is 24.4 Å². The van der Waals surface area contributed by atoms with Gasteiger partial charge in [-0.15, -0.1) is 11.3 Å². The van der Waals surface area contributed by atoms with Gasteiger partial charge in [0.25, 0.3) is 5.91 Å². The molecule has 0 radical (unpaired) electrons. The van der Waals surface area contributed by atoms with Gasteiger partial charge < -0.3 is 10.1 Å². The Balaban J connectivity index is 1.49. The number of hydrogen-bond acceptors (Lipinski definition) is 6. The molecule has 1 amide bonds. The standard InChI is InChI=1S/C15H15N3O2S2/c1-10(7-12-3-2-6-21-12)16-15(19)9-20-11-4-5-13-14(8-11)18-22-17-13/h2-6,8,10H,7,9H2,1H3,(H,16,19)/t10-/m1/s1. The van der Waals surface area contributed by atoms with Crippen molar-refractivity contribution < 1.29 is 9.53 Å². The first-order chi connectivity index (χ1) is 10.7. The molecule has 1 atom stereocenters. The van der Waals surface area contributed by atoms with Crippen molar-refractivity contribution in [2.75, 3.05) is 6.61 Å². The summed E-state index contributed by atoms with van der Waals surface area (Å²) < 4.78 is 13.8. The van der Waals surface area contributed by atoms with E-state index in [4.69, 9.17) is 4.74 Å². The first kappa shape index (κ1) is 14.9. The highest BCUT2D eigenvalue weighted by Crippen LogP contribution is 2.18. The summed E-state index contributed by atoms with van der Waals surface area (Å²) in [6, 6.07) is 9.60. The molecular formula is C15H15N3O2S2. The van der Waals surface area contributed by atoms with Crippen molar-refractivity contribution in [3.05, 3.63) is 40.6 Å². The minimum absolute atomic E-state index is 0.00213. The summed E-state index contributed by atoms with van der Waals surface area (Å²) in [5.41, 5.74) is 1.63. The van der Waals surface area contributed by atoms with Crippen molar-refractivity contribution in [2.24, 2.45) is 0 Å². The van der Waals surface area contributed by atoms with Crippen LogP contribution in [0.1, 0.15) is 11.8 Å². The molecule has 3 aromatic rings. The lowest BCUT2D eigenvalue weighted by Gasteiger charge is -2.13. The molecule has 0 saturated heterocycles. The lowest BCUT2D eigenvalue weighted by atomic mass is 10.2. The second-order valence-electron chi connectivity index (χ2n) is 4.96. The Labute approximate surface area is 136 Å². The van der Waals surface area contributed by atoms with Gasteiger partial charge in [-0.2, -0.15) is 8.75 Å². The molecule has 0 saturated carbocycles. The summed E-state index contributed by atoms with van der Waals surface area (Å²) in [5, 5.41) is 4.98. The minimum atomic E-state index is -0.124. The maximum atomic E-state index is 11.9. The van der Waals surface area contributed by atoms with Crippen LogP contribution < -0.4 is 10.1 Å². The van der Waals surface area contributed by atoms with E-state index >= 15 is 0 Å². The first-order valence-electron chi connectivity index (χ1n) is 6.87. The molecule has 114 valence electrons. The maximum Gasteiger partial charge on any atom is 0.258 e. The van der Waals surface area contributed by atoms with Crippen molar-refractivity contribution in [1.29, 1.82) is 0 Å². The van der Waals surface area contributed by atoms with Crippen LogP contribution >= 0.6 is 23.1 Å². The zero-order chi connectivity index (χ0) is 15.4. The number of amides is 1. The molecule has 0 unspecified atom stereocenters. The highest BCUT2D eigenvalue weighted by atomic mass is 32.1. The Morgan fingerprint density at radius 3 is 3.00 bits per heavy atom. The number of benzene rings is 1. The van der Waals surface area contributed by atoms with E-state index in [1.54, 1.807) is 23.5 Å². The largest absolute Gasteiger partial charge is 0.484 e. The molecule has 2 aromatic heterocycles. The Morgan fingerprint density at radius 2 is 2.18 bits per heavy atom. The van der Waals surface area contributed by atoms with Crippen molar-refractivity contribution in [1.82, 2.24) is 14.1 Å². The zero-order valence-electron chi connectivity index (χ0n) is 12.0. The fourth-order valence-corrected chi connectivity index (χ4v) is 3.45. The predicted molar refractivity (Wildman–Crippen MR) is 88.5 cm³/mol. The summed E-state index contributed by atoms with van der Waals surface area (Å²) in [5.74, 6) is 0.502. The summed E-state index contributed by atoms with van der Waals surface area (Å²) >= 11 is 2.86. The molecule has 0 bridgehead atoms. The molecule has 7 heteroatoms. The number of carbonyl (C=O) groups is 1. The minimum Gasteiger partial charge on any atom is -0.484 e. The molecular weight excluding hydrogens is 318 g/mol. The van der Waals surface area contributed by atoms with Crippen LogP contribution in [0.5, 0.6) is 5.75 Å². The van der Waals surface area contributed by atoms with E-state index in [0.717, 1.165) is 29.2 Å². The summed E-state index contributed by atoms with van der Waals surface area (Å²) in [6.07, 6.45) is 0.833. The monoisotopic (exact) mass is 333 g/mol. The normalized spacial score (nSPS) is 12.2. The van der Waals surface area contributed by atoms with E-state index < -0.39 is 0 Å². The number of nitrogens with one attached hydrogen (secondary N) is 1. The van der Waals surface area contributed by atoms with E-state index in [9.17, 15) is 4.79 Å². The quantitative estimate of drug-likeness (QED) is 0.753. The Morgan fingerprint density at radius 1 is 1.32 bits per heavy atom. The van der Waals surface area contributed by atoms with Crippen molar-refractivity contribution in [3.63, 3.8) is 0 Å². The van der Waals surface area contributed by atoms with Crippen LogP contribution in [0.3, 0.4) is 0 Å². The zero-order valence-corrected chi connectivity index (χ0v) is 13.6. The smallest absolute Gasteiger partial charge is 0.258 e. The van der Waals surface area contributed by atoms with Crippen molar-refractivity contribution in [3.8, 4) is 5.75 Å². The van der Waals surface area contributed by atoms with Gasteiger partial charge in [0.15, 0.2) is 6.61 Å². The van der Waals surface area contributed by atoms with Crippen LogP contribution in [-0.4, -0.2) is 27.3 Å². The third kappa shape index (κ3) is 3.80. The summed E-state index contributed by atoms with van der Waals surface area (Å²) in [7, 11) is 0.